The van der Waals surface area contributed by atoms with Crippen molar-refractivity contribution in [3.05, 3.63) is 42.1 Å². The molecule has 0 radical (unpaired) electrons. The predicted octanol–water partition coefficient (Wildman–Crippen LogP) is 3.95. The van der Waals surface area contributed by atoms with Gasteiger partial charge in [-0.3, -0.25) is 4.98 Å². The fourth-order valence-electron chi connectivity index (χ4n) is 2.62. The first kappa shape index (κ1) is 15.9. The zero-order chi connectivity index (χ0) is 15.1. The molecule has 2 unspecified atom stereocenters. The summed E-state index contributed by atoms with van der Waals surface area (Å²) >= 11 is 0. The van der Waals surface area contributed by atoms with E-state index in [0.29, 0.717) is 5.92 Å². The van der Waals surface area contributed by atoms with Crippen molar-refractivity contribution in [3.63, 3.8) is 0 Å². The van der Waals surface area contributed by atoms with Crippen molar-refractivity contribution < 1.29 is 4.74 Å². The monoisotopic (exact) mass is 286 g/mol. The molecule has 1 aromatic carbocycles. The molecule has 1 N–H and O–H groups in total. The molecule has 3 heteroatoms. The Kier molecular flexibility index (Phi) is 6.15. The minimum absolute atomic E-state index is 0.282. The third-order valence-electron chi connectivity index (χ3n) is 3.90. The third kappa shape index (κ3) is 4.26. The van der Waals surface area contributed by atoms with Crippen LogP contribution < -0.4 is 5.32 Å². The van der Waals surface area contributed by atoms with Crippen molar-refractivity contribution in [2.24, 2.45) is 5.92 Å². The maximum Gasteiger partial charge on any atom is 0.0706 e. The Balaban J connectivity index is 2.24. The van der Waals surface area contributed by atoms with Gasteiger partial charge >= 0.3 is 0 Å². The average molecular weight is 286 g/mol. The molecule has 1 heterocycles. The number of pyridine rings is 1. The molecule has 2 aromatic rings. The smallest absolute Gasteiger partial charge is 0.0706 e. The van der Waals surface area contributed by atoms with Crippen molar-refractivity contribution in [2.75, 3.05) is 20.3 Å². The van der Waals surface area contributed by atoms with Crippen LogP contribution in [-0.4, -0.2) is 25.2 Å². The Hall–Kier alpha value is -1.45. The van der Waals surface area contributed by atoms with Crippen molar-refractivity contribution in [3.8, 4) is 0 Å². The second-order valence-electron chi connectivity index (χ2n) is 5.62. The normalized spacial score (nSPS) is 14.2. The lowest BCUT2D eigenvalue weighted by Crippen LogP contribution is -2.29. The molecular formula is C18H26N2O. The molecule has 1 aromatic heterocycles. The fourth-order valence-corrected chi connectivity index (χ4v) is 2.62. The van der Waals surface area contributed by atoms with Crippen molar-refractivity contribution in [1.29, 1.82) is 0 Å². The molecule has 3 nitrogen and oxygen atoms in total. The fraction of sp³-hybridized carbons (Fsp3) is 0.500. The van der Waals surface area contributed by atoms with Gasteiger partial charge in [-0.15, -0.1) is 0 Å². The van der Waals surface area contributed by atoms with E-state index in [1.54, 1.807) is 7.11 Å². The summed E-state index contributed by atoms with van der Waals surface area (Å²) in [5.74, 6) is 0.491. The second kappa shape index (κ2) is 8.11. The zero-order valence-electron chi connectivity index (χ0n) is 13.3. The van der Waals surface area contributed by atoms with E-state index in [9.17, 15) is 0 Å². The first-order chi connectivity index (χ1) is 10.3. The molecule has 0 aliphatic carbocycles. The molecule has 2 rings (SSSR count). The lowest BCUT2D eigenvalue weighted by molar-refractivity contribution is 0.169. The molecular weight excluding hydrogens is 260 g/mol. The highest BCUT2D eigenvalue weighted by Gasteiger charge is 2.20. The molecule has 21 heavy (non-hydrogen) atoms. The minimum Gasteiger partial charge on any atom is -0.385 e. The van der Waals surface area contributed by atoms with E-state index in [4.69, 9.17) is 9.72 Å². The van der Waals surface area contributed by atoms with Gasteiger partial charge in [-0.2, -0.15) is 0 Å². The molecule has 0 amide bonds. The number of para-hydroxylation sites is 1. The van der Waals surface area contributed by atoms with Crippen LogP contribution in [0.4, 0.5) is 0 Å². The summed E-state index contributed by atoms with van der Waals surface area (Å²) in [6, 6.07) is 12.9. The van der Waals surface area contributed by atoms with Gasteiger partial charge in [0, 0.05) is 19.1 Å². The standard InChI is InChI=1S/C18H26N2O/c1-4-12-19-18(14(2)11-13-21-3)17-10-9-15-7-5-6-8-16(15)20-17/h5-10,14,18-19H,4,11-13H2,1-3H3. The van der Waals surface area contributed by atoms with Crippen molar-refractivity contribution in [1.82, 2.24) is 10.3 Å². The summed E-state index contributed by atoms with van der Waals surface area (Å²) < 4.78 is 5.23. The summed E-state index contributed by atoms with van der Waals surface area (Å²) in [6.07, 6.45) is 2.16. The quantitative estimate of drug-likeness (QED) is 0.798. The molecule has 0 aliphatic heterocycles. The first-order valence-corrected chi connectivity index (χ1v) is 7.84. The number of methoxy groups -OCH3 is 1. The Bertz CT molecular complexity index is 556. The van der Waals surface area contributed by atoms with Gasteiger partial charge in [-0.25, -0.2) is 0 Å². The molecule has 114 valence electrons. The molecule has 0 fully saturated rings. The van der Waals surface area contributed by atoms with E-state index in [2.05, 4.69) is 49.5 Å². The van der Waals surface area contributed by atoms with Gasteiger partial charge in [0.1, 0.15) is 0 Å². The Morgan fingerprint density at radius 2 is 2.00 bits per heavy atom. The first-order valence-electron chi connectivity index (χ1n) is 7.84. The van der Waals surface area contributed by atoms with E-state index >= 15 is 0 Å². The van der Waals surface area contributed by atoms with Crippen molar-refractivity contribution in [2.45, 2.75) is 32.7 Å². The lowest BCUT2D eigenvalue weighted by Gasteiger charge is -2.25. The van der Waals surface area contributed by atoms with E-state index in [0.717, 1.165) is 37.2 Å². The number of nitrogens with zero attached hydrogens (tertiary/aromatic N) is 1. The van der Waals surface area contributed by atoms with Gasteiger partial charge in [-0.1, -0.05) is 38.1 Å². The summed E-state index contributed by atoms with van der Waals surface area (Å²) in [7, 11) is 1.76. The van der Waals surface area contributed by atoms with E-state index < -0.39 is 0 Å². The molecule has 0 spiro atoms. The summed E-state index contributed by atoms with van der Waals surface area (Å²) in [5, 5.41) is 4.84. The third-order valence-corrected chi connectivity index (χ3v) is 3.90. The summed E-state index contributed by atoms with van der Waals surface area (Å²) in [6.45, 7) is 6.26. The summed E-state index contributed by atoms with van der Waals surface area (Å²) in [4.78, 5) is 4.85. The van der Waals surface area contributed by atoms with Gasteiger partial charge in [0.05, 0.1) is 17.3 Å². The van der Waals surface area contributed by atoms with Gasteiger partial charge in [0.2, 0.25) is 0 Å². The van der Waals surface area contributed by atoms with Gasteiger partial charge < -0.3 is 10.1 Å². The number of nitrogens with one attached hydrogen (secondary N) is 1. The Labute approximate surface area is 127 Å². The van der Waals surface area contributed by atoms with Crippen LogP contribution in [0.15, 0.2) is 36.4 Å². The van der Waals surface area contributed by atoms with E-state index in [-0.39, 0.29) is 6.04 Å². The van der Waals surface area contributed by atoms with Crippen LogP contribution in [0.25, 0.3) is 10.9 Å². The maximum absolute atomic E-state index is 5.23. The molecule has 0 saturated heterocycles. The minimum atomic E-state index is 0.282. The average Bonchev–Trinajstić information content (AvgIpc) is 2.53. The van der Waals surface area contributed by atoms with E-state index in [1.165, 1.54) is 5.39 Å². The van der Waals surface area contributed by atoms with Crippen LogP contribution in [0.5, 0.6) is 0 Å². The topological polar surface area (TPSA) is 34.2 Å². The number of hydrogen-bond acceptors (Lipinski definition) is 3. The molecule has 0 saturated carbocycles. The maximum atomic E-state index is 5.23. The molecule has 0 bridgehead atoms. The molecule has 0 aliphatic rings. The number of benzene rings is 1. The highest BCUT2D eigenvalue weighted by Crippen LogP contribution is 2.25. The highest BCUT2D eigenvalue weighted by atomic mass is 16.5. The van der Waals surface area contributed by atoms with Crippen LogP contribution in [0, 0.1) is 5.92 Å². The molecule has 2 atom stereocenters. The number of fused-ring (bicyclic) bond motifs is 1. The van der Waals surface area contributed by atoms with Crippen LogP contribution in [-0.2, 0) is 4.74 Å². The van der Waals surface area contributed by atoms with Crippen LogP contribution in [0.2, 0.25) is 0 Å². The SMILES string of the molecule is CCCNC(c1ccc2ccccc2n1)C(C)CCOC. The van der Waals surface area contributed by atoms with Crippen LogP contribution in [0.1, 0.15) is 38.4 Å². The van der Waals surface area contributed by atoms with Gasteiger partial charge in [0.15, 0.2) is 0 Å². The van der Waals surface area contributed by atoms with Crippen LogP contribution in [0.3, 0.4) is 0 Å². The van der Waals surface area contributed by atoms with Crippen molar-refractivity contribution >= 4 is 10.9 Å². The van der Waals surface area contributed by atoms with E-state index in [1.807, 2.05) is 6.07 Å². The Morgan fingerprint density at radius 1 is 1.19 bits per heavy atom. The largest absolute Gasteiger partial charge is 0.385 e. The predicted molar refractivity (Wildman–Crippen MR) is 88.4 cm³/mol. The number of aromatic nitrogens is 1. The second-order valence-corrected chi connectivity index (χ2v) is 5.62. The number of ether oxygens (including phenoxy) is 1. The number of hydrogen-bond donors (Lipinski definition) is 1. The number of rotatable bonds is 8. The highest BCUT2D eigenvalue weighted by molar-refractivity contribution is 5.78. The zero-order valence-corrected chi connectivity index (χ0v) is 13.3. The van der Waals surface area contributed by atoms with Crippen LogP contribution >= 0.6 is 0 Å². The Morgan fingerprint density at radius 3 is 2.76 bits per heavy atom. The lowest BCUT2D eigenvalue weighted by atomic mass is 9.94. The van der Waals surface area contributed by atoms with Gasteiger partial charge in [-0.05, 0) is 37.4 Å². The summed E-state index contributed by atoms with van der Waals surface area (Å²) in [5.41, 5.74) is 2.20. The van der Waals surface area contributed by atoms with Gasteiger partial charge in [0.25, 0.3) is 0 Å².